The second-order valence-corrected chi connectivity index (χ2v) is 12.3. The van der Waals surface area contributed by atoms with E-state index in [0.29, 0.717) is 24.5 Å². The lowest BCUT2D eigenvalue weighted by atomic mass is 9.84. The summed E-state index contributed by atoms with van der Waals surface area (Å²) in [4.78, 5) is 49.6. The van der Waals surface area contributed by atoms with Gasteiger partial charge in [-0.1, -0.05) is 30.2 Å². The number of benzene rings is 1. The van der Waals surface area contributed by atoms with Gasteiger partial charge in [0.1, 0.15) is 18.2 Å². The van der Waals surface area contributed by atoms with Crippen LogP contribution in [0.2, 0.25) is 5.02 Å². The van der Waals surface area contributed by atoms with Crippen LogP contribution in [0, 0.1) is 12.8 Å². The molecule has 2 aliphatic heterocycles. The zero-order valence-corrected chi connectivity index (χ0v) is 24.4. The van der Waals surface area contributed by atoms with Crippen LogP contribution in [0.25, 0.3) is 0 Å². The number of hydrogen-bond acceptors (Lipinski definition) is 7. The fraction of sp³-hybridized carbons (Fsp3) is 0.517. The number of pyridine rings is 1. The molecule has 2 saturated heterocycles. The Kier molecular flexibility index (Phi) is 8.99. The van der Waals surface area contributed by atoms with Gasteiger partial charge in [-0.25, -0.2) is 4.31 Å². The van der Waals surface area contributed by atoms with Gasteiger partial charge in [0.15, 0.2) is 0 Å². The van der Waals surface area contributed by atoms with Gasteiger partial charge in [0.25, 0.3) is 0 Å². The monoisotopic (exact) mass is 585 g/mol. The van der Waals surface area contributed by atoms with Crippen LogP contribution in [0.5, 0.6) is 0 Å². The molecule has 214 valence electrons. The van der Waals surface area contributed by atoms with Gasteiger partial charge in [-0.05, 0) is 73.9 Å². The van der Waals surface area contributed by atoms with Crippen molar-refractivity contribution in [3.8, 4) is 0 Å². The standard InChI is InChI=1S/C28H32ClN5O3S.CH4O/c1-17-7-10-24(21(29)12-17)38-33-15-22(31-26(35)19-5-2-6-19)27(36)34-23(13-18-4-3-11-30-14-18)28(37)32(16-25(33)34)20-8-9-20;1-2/h3-4,7,10-12,14,19-20,22-23,25H,2,5-6,8-9,13,15-16H2,1H3,(H,31,35);2H,1H3. The maximum atomic E-state index is 14.0. The smallest absolute Gasteiger partial charge is 0.248 e. The molecule has 0 spiro atoms. The Balaban J connectivity index is 0.00000158. The molecule has 11 heteroatoms. The van der Waals surface area contributed by atoms with Gasteiger partial charge >= 0.3 is 0 Å². The van der Waals surface area contributed by atoms with Crippen molar-refractivity contribution in [3.05, 3.63) is 58.9 Å². The van der Waals surface area contributed by atoms with Crippen LogP contribution < -0.4 is 5.32 Å². The fourth-order valence-corrected chi connectivity index (χ4v) is 6.96. The normalized spacial score (nSPS) is 25.1. The Bertz CT molecular complexity index is 1240. The molecule has 4 fully saturated rings. The molecule has 4 aliphatic rings. The van der Waals surface area contributed by atoms with Crippen molar-refractivity contribution < 1.29 is 19.5 Å². The third-order valence-electron chi connectivity index (χ3n) is 8.07. The van der Waals surface area contributed by atoms with Crippen LogP contribution in [0.1, 0.15) is 43.2 Å². The van der Waals surface area contributed by atoms with Crippen LogP contribution in [0.15, 0.2) is 47.6 Å². The number of aryl methyl sites for hydroxylation is 1. The van der Waals surface area contributed by atoms with E-state index in [2.05, 4.69) is 14.6 Å². The van der Waals surface area contributed by atoms with Crippen LogP contribution in [0.3, 0.4) is 0 Å². The van der Waals surface area contributed by atoms with Crippen molar-refractivity contribution in [3.63, 3.8) is 0 Å². The third-order valence-corrected chi connectivity index (χ3v) is 9.67. The molecular weight excluding hydrogens is 550 g/mol. The van der Waals surface area contributed by atoms with E-state index in [1.807, 2.05) is 42.2 Å². The predicted octanol–water partition coefficient (Wildman–Crippen LogP) is 3.03. The zero-order valence-electron chi connectivity index (χ0n) is 22.8. The second-order valence-electron chi connectivity index (χ2n) is 10.8. The summed E-state index contributed by atoms with van der Waals surface area (Å²) in [5, 5.41) is 10.7. The van der Waals surface area contributed by atoms with Crippen molar-refractivity contribution in [1.82, 2.24) is 24.4 Å². The molecule has 3 atom stereocenters. The fourth-order valence-electron chi connectivity index (χ4n) is 5.58. The summed E-state index contributed by atoms with van der Waals surface area (Å²) in [6.45, 7) is 2.79. The quantitative estimate of drug-likeness (QED) is 0.481. The average Bonchev–Trinajstić information content (AvgIpc) is 3.75. The first kappa shape index (κ1) is 28.9. The summed E-state index contributed by atoms with van der Waals surface area (Å²) < 4.78 is 2.14. The number of carbonyl (C=O) groups is 3. The maximum absolute atomic E-state index is 14.0. The molecule has 9 nitrogen and oxygen atoms in total. The second kappa shape index (κ2) is 12.5. The van der Waals surface area contributed by atoms with E-state index in [9.17, 15) is 14.4 Å². The number of aliphatic hydroxyl groups excluding tert-OH is 1. The van der Waals surface area contributed by atoms with Gasteiger partial charge in [0, 0.05) is 49.3 Å². The number of nitrogens with one attached hydrogen (secondary N) is 1. The minimum Gasteiger partial charge on any atom is -0.400 e. The van der Waals surface area contributed by atoms with Crippen LogP contribution in [-0.2, 0) is 20.8 Å². The van der Waals surface area contributed by atoms with Crippen LogP contribution in [-0.4, -0.2) is 86.4 Å². The number of piperazine rings is 1. The van der Waals surface area contributed by atoms with Gasteiger partial charge in [0.05, 0.1) is 11.6 Å². The number of rotatable bonds is 7. The molecule has 2 saturated carbocycles. The lowest BCUT2D eigenvalue weighted by Crippen LogP contribution is -2.74. The molecule has 40 heavy (non-hydrogen) atoms. The molecule has 2 aromatic rings. The van der Waals surface area contributed by atoms with Gasteiger partial charge in [-0.3, -0.25) is 19.4 Å². The molecule has 3 amide bonds. The molecule has 0 radical (unpaired) electrons. The van der Waals surface area contributed by atoms with Crippen LogP contribution in [0.4, 0.5) is 0 Å². The van der Waals surface area contributed by atoms with E-state index < -0.39 is 12.1 Å². The Morgan fingerprint density at radius 2 is 1.90 bits per heavy atom. The highest BCUT2D eigenvalue weighted by molar-refractivity contribution is 7.97. The van der Waals surface area contributed by atoms with E-state index in [0.717, 1.165) is 55.2 Å². The Morgan fingerprint density at radius 1 is 1.12 bits per heavy atom. The summed E-state index contributed by atoms with van der Waals surface area (Å²) in [7, 11) is 1.00. The number of nitrogens with zero attached hydrogens (tertiary/aromatic N) is 4. The minimum atomic E-state index is -0.729. The third kappa shape index (κ3) is 6.00. The largest absolute Gasteiger partial charge is 0.400 e. The van der Waals surface area contributed by atoms with Gasteiger partial charge < -0.3 is 20.2 Å². The predicted molar refractivity (Wildman–Crippen MR) is 153 cm³/mol. The molecule has 3 unspecified atom stereocenters. The maximum Gasteiger partial charge on any atom is 0.248 e. The van der Waals surface area contributed by atoms with E-state index in [1.54, 1.807) is 17.3 Å². The van der Waals surface area contributed by atoms with Crippen molar-refractivity contribution in [2.24, 2.45) is 5.92 Å². The number of aliphatic hydroxyl groups is 1. The molecule has 1 aromatic heterocycles. The number of fused-ring (bicyclic) bond motifs is 1. The number of hydrogen-bond donors (Lipinski definition) is 2. The van der Waals surface area contributed by atoms with E-state index in [4.69, 9.17) is 16.7 Å². The minimum absolute atomic E-state index is 0.0229. The first-order valence-corrected chi connectivity index (χ1v) is 15.0. The summed E-state index contributed by atoms with van der Waals surface area (Å²) in [6, 6.07) is 8.56. The number of halogens is 1. The topological polar surface area (TPSA) is 106 Å². The van der Waals surface area contributed by atoms with Crippen molar-refractivity contribution in [2.45, 2.75) is 74.6 Å². The summed E-state index contributed by atoms with van der Waals surface area (Å²) >= 11 is 8.12. The summed E-state index contributed by atoms with van der Waals surface area (Å²) in [6.07, 6.45) is 8.23. The van der Waals surface area contributed by atoms with E-state index in [-0.39, 0.29) is 35.8 Å². The molecule has 0 bridgehead atoms. The van der Waals surface area contributed by atoms with Crippen molar-refractivity contribution in [1.29, 1.82) is 0 Å². The summed E-state index contributed by atoms with van der Waals surface area (Å²) in [5.74, 6) is -0.316. The molecule has 1 aromatic carbocycles. The number of carbonyl (C=O) groups excluding carboxylic acids is 3. The molecule has 6 rings (SSSR count). The first-order valence-electron chi connectivity index (χ1n) is 13.9. The highest BCUT2D eigenvalue weighted by atomic mass is 35.5. The van der Waals surface area contributed by atoms with E-state index >= 15 is 0 Å². The van der Waals surface area contributed by atoms with Crippen molar-refractivity contribution >= 4 is 41.3 Å². The van der Waals surface area contributed by atoms with Gasteiger partial charge in [-0.2, -0.15) is 0 Å². The SMILES string of the molecule is CO.Cc1ccc(SN2CC(NC(=O)C3CCC3)C(=O)N3C(Cc4cccnc4)C(=O)N(C4CC4)CC23)c(Cl)c1. The van der Waals surface area contributed by atoms with Crippen molar-refractivity contribution in [2.75, 3.05) is 20.2 Å². The van der Waals surface area contributed by atoms with Gasteiger partial charge in [0.2, 0.25) is 17.7 Å². The highest BCUT2D eigenvalue weighted by Crippen LogP contribution is 2.40. The Morgan fingerprint density at radius 3 is 2.52 bits per heavy atom. The van der Waals surface area contributed by atoms with Gasteiger partial charge in [-0.15, -0.1) is 0 Å². The van der Waals surface area contributed by atoms with Crippen LogP contribution >= 0.6 is 23.5 Å². The Labute approximate surface area is 244 Å². The molecule has 3 heterocycles. The molecular formula is C29H36ClN5O4S. The average molecular weight is 586 g/mol. The lowest BCUT2D eigenvalue weighted by molar-refractivity contribution is -0.167. The zero-order chi connectivity index (χ0) is 28.4. The summed E-state index contributed by atoms with van der Waals surface area (Å²) in [5.41, 5.74) is 1.97. The number of aromatic nitrogens is 1. The first-order chi connectivity index (χ1) is 19.4. The lowest BCUT2D eigenvalue weighted by Gasteiger charge is -2.53. The van der Waals surface area contributed by atoms with E-state index in [1.165, 1.54) is 11.9 Å². The Hall–Kier alpha value is -2.66. The molecule has 2 aliphatic carbocycles. The molecule has 2 N–H and O–H groups in total. The highest BCUT2D eigenvalue weighted by Gasteiger charge is 2.53. The number of amides is 3.